The summed E-state index contributed by atoms with van der Waals surface area (Å²) in [6.45, 7) is 4.87. The maximum absolute atomic E-state index is 12.7. The van der Waals surface area contributed by atoms with E-state index in [0.29, 0.717) is 29.5 Å². The minimum atomic E-state index is -0.191. The third-order valence-corrected chi connectivity index (χ3v) is 5.09. The number of hydrogen-bond donors (Lipinski definition) is 1. The van der Waals surface area contributed by atoms with Crippen LogP contribution in [-0.2, 0) is 6.42 Å². The lowest BCUT2D eigenvalue weighted by Gasteiger charge is -2.09. The Morgan fingerprint density at radius 1 is 1.03 bits per heavy atom. The zero-order chi connectivity index (χ0) is 21.6. The Bertz CT molecular complexity index is 1200. The number of rotatable bonds is 8. The predicted octanol–water partition coefficient (Wildman–Crippen LogP) is 6.49. The summed E-state index contributed by atoms with van der Waals surface area (Å²) in [6, 6.07) is 20.8. The predicted molar refractivity (Wildman–Crippen MR) is 124 cm³/mol. The molecule has 0 fully saturated rings. The van der Waals surface area contributed by atoms with Gasteiger partial charge >= 0.3 is 0 Å². The number of amides is 1. The van der Waals surface area contributed by atoms with Gasteiger partial charge in [0.1, 0.15) is 11.3 Å². The zero-order valence-corrected chi connectivity index (χ0v) is 17.9. The van der Waals surface area contributed by atoms with Crippen molar-refractivity contribution in [2.24, 2.45) is 0 Å². The second-order valence-electron chi connectivity index (χ2n) is 7.44. The van der Waals surface area contributed by atoms with E-state index in [1.54, 1.807) is 12.1 Å². The molecule has 5 nitrogen and oxygen atoms in total. The van der Waals surface area contributed by atoms with E-state index < -0.39 is 0 Å². The van der Waals surface area contributed by atoms with Gasteiger partial charge in [-0.3, -0.25) is 4.79 Å². The number of fused-ring (bicyclic) bond motifs is 1. The monoisotopic (exact) mass is 414 g/mol. The molecule has 0 atom stereocenters. The number of aromatic nitrogens is 1. The van der Waals surface area contributed by atoms with Gasteiger partial charge in [0.05, 0.1) is 6.61 Å². The molecule has 3 aromatic carbocycles. The van der Waals surface area contributed by atoms with Gasteiger partial charge in [0.25, 0.3) is 5.91 Å². The van der Waals surface area contributed by atoms with E-state index in [-0.39, 0.29) is 5.91 Å². The molecule has 0 aliphatic carbocycles. The summed E-state index contributed by atoms with van der Waals surface area (Å²) in [5, 5.41) is 2.95. The lowest BCUT2D eigenvalue weighted by atomic mass is 10.1. The van der Waals surface area contributed by atoms with Crippen molar-refractivity contribution in [2.45, 2.75) is 33.1 Å². The average molecular weight is 415 g/mol. The van der Waals surface area contributed by atoms with E-state index in [2.05, 4.69) is 24.1 Å². The van der Waals surface area contributed by atoms with Gasteiger partial charge in [-0.05, 0) is 66.9 Å². The number of hydrogen-bond acceptors (Lipinski definition) is 4. The number of ether oxygens (including phenoxy) is 1. The molecule has 0 saturated carbocycles. The molecular weight excluding hydrogens is 388 g/mol. The molecule has 0 saturated heterocycles. The van der Waals surface area contributed by atoms with Crippen LogP contribution in [0.4, 0.5) is 5.69 Å². The number of anilines is 1. The van der Waals surface area contributed by atoms with E-state index in [0.717, 1.165) is 35.9 Å². The second-order valence-corrected chi connectivity index (χ2v) is 7.44. The largest absolute Gasteiger partial charge is 0.494 e. The summed E-state index contributed by atoms with van der Waals surface area (Å²) in [7, 11) is 0. The third kappa shape index (κ3) is 4.94. The van der Waals surface area contributed by atoms with Crippen molar-refractivity contribution >= 4 is 22.7 Å². The molecule has 0 bridgehead atoms. The Morgan fingerprint density at radius 3 is 2.74 bits per heavy atom. The van der Waals surface area contributed by atoms with Gasteiger partial charge < -0.3 is 14.5 Å². The van der Waals surface area contributed by atoms with Crippen LogP contribution in [0.5, 0.6) is 5.75 Å². The molecule has 0 radical (unpaired) electrons. The van der Waals surface area contributed by atoms with Gasteiger partial charge in [-0.25, -0.2) is 4.98 Å². The van der Waals surface area contributed by atoms with Gasteiger partial charge in [-0.2, -0.15) is 0 Å². The maximum atomic E-state index is 12.7. The van der Waals surface area contributed by atoms with Crippen molar-refractivity contribution < 1.29 is 13.9 Å². The average Bonchev–Trinajstić information content (AvgIpc) is 3.23. The number of nitrogens with zero attached hydrogens (tertiary/aromatic N) is 1. The van der Waals surface area contributed by atoms with E-state index in [9.17, 15) is 4.79 Å². The van der Waals surface area contributed by atoms with Crippen molar-refractivity contribution in [1.82, 2.24) is 4.98 Å². The number of oxazole rings is 1. The molecule has 0 aliphatic heterocycles. The van der Waals surface area contributed by atoms with Crippen LogP contribution < -0.4 is 10.1 Å². The van der Waals surface area contributed by atoms with Crippen molar-refractivity contribution in [3.8, 4) is 17.2 Å². The van der Waals surface area contributed by atoms with Crippen LogP contribution >= 0.6 is 0 Å². The fourth-order valence-electron chi connectivity index (χ4n) is 3.31. The van der Waals surface area contributed by atoms with Gasteiger partial charge in [0.15, 0.2) is 5.58 Å². The molecule has 1 aromatic heterocycles. The molecule has 0 unspecified atom stereocenters. The highest BCUT2D eigenvalue weighted by Crippen LogP contribution is 2.27. The molecule has 0 spiro atoms. The topological polar surface area (TPSA) is 64.4 Å². The third-order valence-electron chi connectivity index (χ3n) is 5.09. The van der Waals surface area contributed by atoms with Crippen molar-refractivity contribution in [3.63, 3.8) is 0 Å². The molecule has 4 rings (SSSR count). The van der Waals surface area contributed by atoms with Gasteiger partial charge in [0.2, 0.25) is 5.89 Å². The molecule has 1 heterocycles. The Kier molecular flexibility index (Phi) is 6.32. The molecule has 158 valence electrons. The number of benzene rings is 3. The smallest absolute Gasteiger partial charge is 0.255 e. The summed E-state index contributed by atoms with van der Waals surface area (Å²) < 4.78 is 11.6. The fourth-order valence-corrected chi connectivity index (χ4v) is 3.31. The van der Waals surface area contributed by atoms with Crippen LogP contribution in [0.15, 0.2) is 71.1 Å². The second kappa shape index (κ2) is 9.47. The van der Waals surface area contributed by atoms with Crippen LogP contribution in [0, 0.1) is 0 Å². The normalized spacial score (nSPS) is 10.9. The standard InChI is InChI=1S/C26H26N2O3/c1-3-5-14-30-22-11-7-8-19(17-22)25(29)27-21-10-6-9-20(16-21)26-28-23-15-18(4-2)12-13-24(23)31-26/h6-13,15-17H,3-5,14H2,1-2H3,(H,27,29). The zero-order valence-electron chi connectivity index (χ0n) is 17.9. The SMILES string of the molecule is CCCCOc1cccc(C(=O)Nc2cccc(-c3nc4cc(CC)ccc4o3)c2)c1. The number of unbranched alkanes of at least 4 members (excludes halogenated alkanes) is 1. The maximum Gasteiger partial charge on any atom is 0.255 e. The van der Waals surface area contributed by atoms with E-state index in [1.807, 2.05) is 54.6 Å². The van der Waals surface area contributed by atoms with Gasteiger partial charge in [-0.1, -0.05) is 38.5 Å². The highest BCUT2D eigenvalue weighted by molar-refractivity contribution is 6.04. The molecular formula is C26H26N2O3. The van der Waals surface area contributed by atoms with E-state index >= 15 is 0 Å². The Labute approximate surface area is 182 Å². The molecule has 0 aliphatic rings. The number of nitrogens with one attached hydrogen (secondary N) is 1. The molecule has 1 N–H and O–H groups in total. The first-order valence-corrected chi connectivity index (χ1v) is 10.7. The molecule has 4 aromatic rings. The molecule has 5 heteroatoms. The fraction of sp³-hybridized carbons (Fsp3) is 0.231. The number of aryl methyl sites for hydroxylation is 1. The number of carbonyl (C=O) groups excluding carboxylic acids is 1. The minimum absolute atomic E-state index is 0.191. The van der Waals surface area contributed by atoms with Crippen molar-refractivity contribution in [2.75, 3.05) is 11.9 Å². The van der Waals surface area contributed by atoms with E-state index in [1.165, 1.54) is 5.56 Å². The highest BCUT2D eigenvalue weighted by Gasteiger charge is 2.12. The van der Waals surface area contributed by atoms with Crippen LogP contribution in [-0.4, -0.2) is 17.5 Å². The molecule has 31 heavy (non-hydrogen) atoms. The highest BCUT2D eigenvalue weighted by atomic mass is 16.5. The van der Waals surface area contributed by atoms with E-state index in [4.69, 9.17) is 9.15 Å². The first-order valence-electron chi connectivity index (χ1n) is 10.7. The quantitative estimate of drug-likeness (QED) is 0.335. The van der Waals surface area contributed by atoms with Gasteiger partial charge in [-0.15, -0.1) is 0 Å². The van der Waals surface area contributed by atoms with Crippen LogP contribution in [0.25, 0.3) is 22.6 Å². The first-order chi connectivity index (χ1) is 15.2. The summed E-state index contributed by atoms with van der Waals surface area (Å²) >= 11 is 0. The lowest BCUT2D eigenvalue weighted by molar-refractivity contribution is 0.102. The summed E-state index contributed by atoms with van der Waals surface area (Å²) in [5.41, 5.74) is 4.84. The number of carbonyl (C=O) groups is 1. The summed E-state index contributed by atoms with van der Waals surface area (Å²) in [5.74, 6) is 1.04. The van der Waals surface area contributed by atoms with Crippen LogP contribution in [0.2, 0.25) is 0 Å². The Hall–Kier alpha value is -3.60. The Balaban J connectivity index is 1.51. The Morgan fingerprint density at radius 2 is 1.90 bits per heavy atom. The van der Waals surface area contributed by atoms with Crippen molar-refractivity contribution in [1.29, 1.82) is 0 Å². The summed E-state index contributed by atoms with van der Waals surface area (Å²) in [4.78, 5) is 17.4. The van der Waals surface area contributed by atoms with Gasteiger partial charge in [0, 0.05) is 16.8 Å². The summed E-state index contributed by atoms with van der Waals surface area (Å²) in [6.07, 6.45) is 3.00. The van der Waals surface area contributed by atoms with Crippen LogP contribution in [0.1, 0.15) is 42.6 Å². The lowest BCUT2D eigenvalue weighted by Crippen LogP contribution is -2.12. The van der Waals surface area contributed by atoms with Crippen molar-refractivity contribution in [3.05, 3.63) is 77.9 Å². The minimum Gasteiger partial charge on any atom is -0.494 e. The molecule has 1 amide bonds. The first kappa shape index (κ1) is 20.7. The van der Waals surface area contributed by atoms with Crippen LogP contribution in [0.3, 0.4) is 0 Å².